The highest BCUT2D eigenvalue weighted by Crippen LogP contribution is 2.38. The number of hydrogen-bond donors (Lipinski definition) is 0. The van der Waals surface area contributed by atoms with E-state index in [0.29, 0.717) is 13.0 Å². The van der Waals surface area contributed by atoms with Gasteiger partial charge in [0.15, 0.2) is 0 Å². The number of nitrogens with zero attached hydrogens (tertiary/aromatic N) is 1. The Hall–Kier alpha value is -1.72. The van der Waals surface area contributed by atoms with Crippen molar-refractivity contribution in [3.8, 4) is 0 Å². The van der Waals surface area contributed by atoms with E-state index in [0.717, 1.165) is 6.07 Å². The molecule has 1 aliphatic rings. The molecule has 1 aliphatic heterocycles. The molecule has 1 amide bonds. The zero-order valence-electron chi connectivity index (χ0n) is 12.9. The van der Waals surface area contributed by atoms with Gasteiger partial charge in [-0.3, -0.25) is 0 Å². The van der Waals surface area contributed by atoms with Crippen LogP contribution in [0.25, 0.3) is 0 Å². The van der Waals surface area contributed by atoms with Gasteiger partial charge in [-0.25, -0.2) is 4.79 Å². The first-order valence-electron chi connectivity index (χ1n) is 7.22. The molecule has 1 heterocycles. The molecule has 1 unspecified atom stereocenters. The maximum Gasteiger partial charge on any atom is 0.416 e. The van der Waals surface area contributed by atoms with Crippen LogP contribution in [0.15, 0.2) is 24.3 Å². The number of amides is 1. The summed E-state index contributed by atoms with van der Waals surface area (Å²) in [6.07, 6.45) is -4.35. The summed E-state index contributed by atoms with van der Waals surface area (Å²) < 4.78 is 44.5. The lowest BCUT2D eigenvalue weighted by molar-refractivity contribution is -0.138. The van der Waals surface area contributed by atoms with Gasteiger partial charge >= 0.3 is 12.3 Å². The predicted molar refractivity (Wildman–Crippen MR) is 76.6 cm³/mol. The van der Waals surface area contributed by atoms with Gasteiger partial charge in [-0.1, -0.05) is 18.2 Å². The second-order valence-electron chi connectivity index (χ2n) is 6.50. The molecule has 0 saturated carbocycles. The van der Waals surface area contributed by atoms with E-state index in [4.69, 9.17) is 4.74 Å². The van der Waals surface area contributed by atoms with E-state index in [-0.39, 0.29) is 18.0 Å². The van der Waals surface area contributed by atoms with E-state index in [1.165, 1.54) is 17.0 Å². The zero-order chi connectivity index (χ0) is 16.5. The van der Waals surface area contributed by atoms with Gasteiger partial charge < -0.3 is 9.64 Å². The first kappa shape index (κ1) is 16.6. The fourth-order valence-electron chi connectivity index (χ4n) is 2.62. The molecule has 122 valence electrons. The van der Waals surface area contributed by atoms with Crippen LogP contribution in [0.3, 0.4) is 0 Å². The fraction of sp³-hybridized carbons (Fsp3) is 0.562. The second kappa shape index (κ2) is 5.82. The third-order valence-corrected chi connectivity index (χ3v) is 3.55. The minimum atomic E-state index is -4.38. The van der Waals surface area contributed by atoms with Crippen LogP contribution in [0.5, 0.6) is 0 Å². The number of alkyl halides is 3. The molecule has 0 aromatic heterocycles. The van der Waals surface area contributed by atoms with Gasteiger partial charge in [-0.2, -0.15) is 13.2 Å². The largest absolute Gasteiger partial charge is 0.444 e. The van der Waals surface area contributed by atoms with Gasteiger partial charge in [0.05, 0.1) is 5.56 Å². The van der Waals surface area contributed by atoms with Crippen molar-refractivity contribution in [3.63, 3.8) is 0 Å². The highest BCUT2D eigenvalue weighted by molar-refractivity contribution is 5.68. The van der Waals surface area contributed by atoms with Gasteiger partial charge in [0.25, 0.3) is 0 Å². The number of carbonyl (C=O) groups excluding carboxylic acids is 1. The van der Waals surface area contributed by atoms with Crippen molar-refractivity contribution in [3.05, 3.63) is 35.4 Å². The summed E-state index contributed by atoms with van der Waals surface area (Å²) in [7, 11) is 0. The summed E-state index contributed by atoms with van der Waals surface area (Å²) in [5.41, 5.74) is -0.980. The first-order valence-corrected chi connectivity index (χ1v) is 7.22. The van der Waals surface area contributed by atoms with Gasteiger partial charge in [0.1, 0.15) is 5.60 Å². The van der Waals surface area contributed by atoms with Crippen molar-refractivity contribution in [2.24, 2.45) is 0 Å². The number of rotatable bonds is 1. The Kier molecular flexibility index (Phi) is 4.40. The molecule has 1 fully saturated rings. The van der Waals surface area contributed by atoms with Crippen LogP contribution in [-0.4, -0.2) is 29.7 Å². The molecule has 1 atom stereocenters. The van der Waals surface area contributed by atoms with E-state index in [1.54, 1.807) is 26.8 Å². The summed E-state index contributed by atoms with van der Waals surface area (Å²) in [4.78, 5) is 13.5. The molecule has 0 radical (unpaired) electrons. The Balaban J connectivity index is 2.13. The summed E-state index contributed by atoms with van der Waals surface area (Å²) in [5, 5.41) is 0. The standard InChI is InChI=1S/C16H20F3NO2/c1-15(2,3)22-14(21)20-9-8-11(10-20)12-6-4-5-7-13(12)16(17,18)19/h4-7,11H,8-10H2,1-3H3. The lowest BCUT2D eigenvalue weighted by Crippen LogP contribution is -2.35. The van der Waals surface area contributed by atoms with Crippen molar-refractivity contribution in [1.29, 1.82) is 0 Å². The quantitative estimate of drug-likeness (QED) is 0.767. The highest BCUT2D eigenvalue weighted by Gasteiger charge is 2.38. The van der Waals surface area contributed by atoms with Crippen LogP contribution in [0.2, 0.25) is 0 Å². The van der Waals surface area contributed by atoms with E-state index >= 15 is 0 Å². The maximum absolute atomic E-state index is 13.1. The fourth-order valence-corrected chi connectivity index (χ4v) is 2.62. The molecular weight excluding hydrogens is 295 g/mol. The van der Waals surface area contributed by atoms with E-state index in [1.807, 2.05) is 0 Å². The molecule has 1 saturated heterocycles. The molecule has 3 nitrogen and oxygen atoms in total. The van der Waals surface area contributed by atoms with Gasteiger partial charge in [0.2, 0.25) is 0 Å². The summed E-state index contributed by atoms with van der Waals surface area (Å²) in [5.74, 6) is -0.314. The third-order valence-electron chi connectivity index (χ3n) is 3.55. The topological polar surface area (TPSA) is 29.5 Å². The summed E-state index contributed by atoms with van der Waals surface area (Å²) in [6.45, 7) is 5.94. The molecule has 22 heavy (non-hydrogen) atoms. The van der Waals surface area contributed by atoms with Crippen LogP contribution in [0.1, 0.15) is 44.2 Å². The Bertz CT molecular complexity index is 549. The minimum absolute atomic E-state index is 0.251. The SMILES string of the molecule is CC(C)(C)OC(=O)N1CCC(c2ccccc2C(F)(F)F)C1. The molecule has 6 heteroatoms. The Labute approximate surface area is 128 Å². The minimum Gasteiger partial charge on any atom is -0.444 e. The lowest BCUT2D eigenvalue weighted by atomic mass is 9.93. The number of carbonyl (C=O) groups is 1. The third kappa shape index (κ3) is 3.93. The van der Waals surface area contributed by atoms with Crippen LogP contribution < -0.4 is 0 Å². The van der Waals surface area contributed by atoms with Crippen molar-refractivity contribution in [2.75, 3.05) is 13.1 Å². The average molecular weight is 315 g/mol. The smallest absolute Gasteiger partial charge is 0.416 e. The number of likely N-dealkylation sites (tertiary alicyclic amines) is 1. The predicted octanol–water partition coefficient (Wildman–Crippen LogP) is 4.43. The molecule has 1 aromatic rings. The van der Waals surface area contributed by atoms with E-state index in [9.17, 15) is 18.0 Å². The Morgan fingerprint density at radius 3 is 2.45 bits per heavy atom. The second-order valence-corrected chi connectivity index (χ2v) is 6.50. The molecule has 0 N–H and O–H groups in total. The highest BCUT2D eigenvalue weighted by atomic mass is 19.4. The number of benzene rings is 1. The zero-order valence-corrected chi connectivity index (χ0v) is 12.9. The van der Waals surface area contributed by atoms with E-state index < -0.39 is 23.4 Å². The lowest BCUT2D eigenvalue weighted by Gasteiger charge is -2.24. The molecular formula is C16H20F3NO2. The van der Waals surface area contributed by atoms with Crippen molar-refractivity contribution in [1.82, 2.24) is 4.90 Å². The maximum atomic E-state index is 13.1. The van der Waals surface area contributed by atoms with Crippen LogP contribution in [0.4, 0.5) is 18.0 Å². The number of hydrogen-bond acceptors (Lipinski definition) is 2. The van der Waals surface area contributed by atoms with Crippen molar-refractivity contribution >= 4 is 6.09 Å². The van der Waals surface area contributed by atoms with Gasteiger partial charge in [0, 0.05) is 19.0 Å². The van der Waals surface area contributed by atoms with Crippen LogP contribution in [-0.2, 0) is 10.9 Å². The number of halogens is 3. The van der Waals surface area contributed by atoms with Crippen molar-refractivity contribution < 1.29 is 22.7 Å². The normalized spacial score (nSPS) is 19.4. The van der Waals surface area contributed by atoms with Gasteiger partial charge in [-0.15, -0.1) is 0 Å². The Morgan fingerprint density at radius 2 is 1.86 bits per heavy atom. The molecule has 1 aromatic carbocycles. The Morgan fingerprint density at radius 1 is 1.23 bits per heavy atom. The van der Waals surface area contributed by atoms with E-state index in [2.05, 4.69) is 0 Å². The van der Waals surface area contributed by atoms with Gasteiger partial charge in [-0.05, 0) is 38.8 Å². The summed E-state index contributed by atoms with van der Waals surface area (Å²) >= 11 is 0. The molecule has 0 aliphatic carbocycles. The molecule has 2 rings (SSSR count). The molecule has 0 spiro atoms. The first-order chi connectivity index (χ1) is 10.1. The number of ether oxygens (including phenoxy) is 1. The average Bonchev–Trinajstić information content (AvgIpc) is 2.85. The van der Waals surface area contributed by atoms with Crippen LogP contribution in [0, 0.1) is 0 Å². The monoisotopic (exact) mass is 315 g/mol. The molecule has 0 bridgehead atoms. The summed E-state index contributed by atoms with van der Waals surface area (Å²) in [6, 6.07) is 5.56. The van der Waals surface area contributed by atoms with Crippen LogP contribution >= 0.6 is 0 Å². The van der Waals surface area contributed by atoms with Crippen molar-refractivity contribution in [2.45, 2.75) is 44.9 Å².